The Hall–Kier alpha value is -2.75. The highest BCUT2D eigenvalue weighted by atomic mass is 16.6. The maximum absolute atomic E-state index is 13.0. The van der Waals surface area contributed by atoms with Crippen molar-refractivity contribution < 1.29 is 14.6 Å². The molecule has 0 saturated carbocycles. The third-order valence-corrected chi connectivity index (χ3v) is 4.39. The molecule has 0 spiro atoms. The van der Waals surface area contributed by atoms with Gasteiger partial charge in [0.15, 0.2) is 0 Å². The van der Waals surface area contributed by atoms with Crippen molar-refractivity contribution in [3.63, 3.8) is 0 Å². The zero-order chi connectivity index (χ0) is 20.0. The summed E-state index contributed by atoms with van der Waals surface area (Å²) in [5, 5.41) is 10.6. The van der Waals surface area contributed by atoms with E-state index in [2.05, 4.69) is 32.9 Å². The fraction of sp³-hybridized carbons (Fsp3) is 0.348. The number of carbonyl (C=O) groups excluding carboxylic acids is 1. The van der Waals surface area contributed by atoms with Crippen LogP contribution in [0.1, 0.15) is 47.1 Å². The highest BCUT2D eigenvalue weighted by Crippen LogP contribution is 2.33. The molecule has 1 N–H and O–H groups in total. The number of benzene rings is 2. The lowest BCUT2D eigenvalue weighted by Crippen LogP contribution is -2.27. The molecule has 4 heteroatoms. The number of aromatic nitrogens is 1. The van der Waals surface area contributed by atoms with Crippen LogP contribution in [0.2, 0.25) is 0 Å². The monoisotopic (exact) mass is 365 g/mol. The summed E-state index contributed by atoms with van der Waals surface area (Å²) in [7, 11) is 0. The van der Waals surface area contributed by atoms with E-state index in [1.54, 1.807) is 22.8 Å². The summed E-state index contributed by atoms with van der Waals surface area (Å²) in [4.78, 5) is 13.0. The Morgan fingerprint density at radius 3 is 2.30 bits per heavy atom. The molecule has 0 radical (unpaired) electrons. The molecular formula is C23H27NO3. The Bertz CT molecular complexity index is 1000. The van der Waals surface area contributed by atoms with Crippen LogP contribution >= 0.6 is 0 Å². The number of rotatable bonds is 1. The number of nitrogens with zero attached hydrogens (tertiary/aromatic N) is 1. The Morgan fingerprint density at radius 2 is 1.67 bits per heavy atom. The van der Waals surface area contributed by atoms with Crippen LogP contribution in [0.4, 0.5) is 4.79 Å². The molecule has 0 aliphatic heterocycles. The molecule has 0 atom stereocenters. The summed E-state index contributed by atoms with van der Waals surface area (Å²) in [5.74, 6) is 0.166. The SMILES string of the molecule is CC(C)(C)OC(=O)n1c(-c2cccc(C(C)(C)C)c2)cc2cc(O)ccc21. The molecule has 1 heterocycles. The minimum atomic E-state index is -0.602. The van der Waals surface area contributed by atoms with E-state index < -0.39 is 11.7 Å². The predicted molar refractivity (Wildman–Crippen MR) is 109 cm³/mol. The Kier molecular flexibility index (Phi) is 4.54. The third kappa shape index (κ3) is 4.00. The Labute approximate surface area is 160 Å². The maximum atomic E-state index is 13.0. The summed E-state index contributed by atoms with van der Waals surface area (Å²) in [6, 6.07) is 15.1. The van der Waals surface area contributed by atoms with Gasteiger partial charge in [-0.15, -0.1) is 0 Å². The smallest absolute Gasteiger partial charge is 0.419 e. The number of phenolic OH excluding ortho intramolecular Hbond substituents is 1. The van der Waals surface area contributed by atoms with Crippen molar-refractivity contribution in [1.82, 2.24) is 4.57 Å². The largest absolute Gasteiger partial charge is 0.508 e. The molecule has 0 unspecified atom stereocenters. The molecule has 142 valence electrons. The van der Waals surface area contributed by atoms with Gasteiger partial charge in [0.1, 0.15) is 11.4 Å². The number of carbonyl (C=O) groups is 1. The van der Waals surface area contributed by atoms with E-state index >= 15 is 0 Å². The summed E-state index contributed by atoms with van der Waals surface area (Å²) in [6.07, 6.45) is -0.431. The van der Waals surface area contributed by atoms with E-state index in [0.717, 1.165) is 16.6 Å². The first-order valence-corrected chi connectivity index (χ1v) is 9.14. The summed E-state index contributed by atoms with van der Waals surface area (Å²) >= 11 is 0. The Morgan fingerprint density at radius 1 is 0.963 bits per heavy atom. The van der Waals surface area contributed by atoms with Gasteiger partial charge < -0.3 is 9.84 Å². The van der Waals surface area contributed by atoms with Gasteiger partial charge in [-0.25, -0.2) is 9.36 Å². The predicted octanol–water partition coefficient (Wildman–Crippen LogP) is 6.09. The summed E-state index contributed by atoms with van der Waals surface area (Å²) < 4.78 is 7.23. The number of hydrogen-bond acceptors (Lipinski definition) is 3. The zero-order valence-electron chi connectivity index (χ0n) is 16.8. The Balaban J connectivity index is 2.23. The third-order valence-electron chi connectivity index (χ3n) is 4.39. The van der Waals surface area contributed by atoms with Crippen LogP contribution in [-0.2, 0) is 10.2 Å². The normalized spacial score (nSPS) is 12.4. The molecule has 1 aromatic heterocycles. The van der Waals surface area contributed by atoms with Crippen LogP contribution in [0.15, 0.2) is 48.5 Å². The van der Waals surface area contributed by atoms with Crippen LogP contribution < -0.4 is 0 Å². The van der Waals surface area contributed by atoms with E-state index in [4.69, 9.17) is 4.74 Å². The van der Waals surface area contributed by atoms with Gasteiger partial charge in [-0.05, 0) is 67.6 Å². The van der Waals surface area contributed by atoms with Crippen molar-refractivity contribution in [1.29, 1.82) is 0 Å². The van der Waals surface area contributed by atoms with Gasteiger partial charge in [-0.3, -0.25) is 0 Å². The lowest BCUT2D eigenvalue weighted by Gasteiger charge is -2.22. The van der Waals surface area contributed by atoms with Gasteiger partial charge in [-0.1, -0.05) is 39.0 Å². The second-order valence-electron chi connectivity index (χ2n) is 8.92. The van der Waals surface area contributed by atoms with Gasteiger partial charge >= 0.3 is 6.09 Å². The van der Waals surface area contributed by atoms with Gasteiger partial charge in [-0.2, -0.15) is 0 Å². The second-order valence-corrected chi connectivity index (χ2v) is 8.92. The molecule has 3 rings (SSSR count). The van der Waals surface area contributed by atoms with Crippen molar-refractivity contribution in [2.75, 3.05) is 0 Å². The number of phenols is 1. The topological polar surface area (TPSA) is 51.5 Å². The first kappa shape index (κ1) is 19.0. The van der Waals surface area contributed by atoms with Gasteiger partial charge in [0.05, 0.1) is 11.2 Å². The average molecular weight is 365 g/mol. The molecule has 0 amide bonds. The highest BCUT2D eigenvalue weighted by molar-refractivity contribution is 5.96. The minimum absolute atomic E-state index is 0.00293. The van der Waals surface area contributed by atoms with Crippen LogP contribution in [0.25, 0.3) is 22.2 Å². The van der Waals surface area contributed by atoms with E-state index in [-0.39, 0.29) is 11.2 Å². The molecule has 27 heavy (non-hydrogen) atoms. The highest BCUT2D eigenvalue weighted by Gasteiger charge is 2.23. The summed E-state index contributed by atoms with van der Waals surface area (Å²) in [5.41, 5.74) is 2.97. The first-order valence-electron chi connectivity index (χ1n) is 9.14. The number of hydrogen-bond donors (Lipinski definition) is 1. The second kappa shape index (κ2) is 6.45. The van der Waals surface area contributed by atoms with Crippen molar-refractivity contribution in [2.24, 2.45) is 0 Å². The minimum Gasteiger partial charge on any atom is -0.508 e. The molecule has 3 aromatic rings. The lowest BCUT2D eigenvalue weighted by molar-refractivity contribution is 0.0547. The molecular weight excluding hydrogens is 338 g/mol. The molecule has 0 fully saturated rings. The molecule has 0 aliphatic carbocycles. The number of fused-ring (bicyclic) bond motifs is 1. The van der Waals surface area contributed by atoms with Crippen molar-refractivity contribution in [3.05, 3.63) is 54.1 Å². The fourth-order valence-electron chi connectivity index (χ4n) is 3.06. The molecule has 4 nitrogen and oxygen atoms in total. The van der Waals surface area contributed by atoms with Gasteiger partial charge in [0.25, 0.3) is 0 Å². The molecule has 2 aromatic carbocycles. The quantitative estimate of drug-likeness (QED) is 0.567. The van der Waals surface area contributed by atoms with E-state index in [1.165, 1.54) is 5.56 Å². The van der Waals surface area contributed by atoms with E-state index in [1.807, 2.05) is 39.0 Å². The fourth-order valence-corrected chi connectivity index (χ4v) is 3.06. The molecule has 0 bridgehead atoms. The van der Waals surface area contributed by atoms with Crippen LogP contribution in [0.5, 0.6) is 5.75 Å². The maximum Gasteiger partial charge on any atom is 0.419 e. The van der Waals surface area contributed by atoms with Gasteiger partial charge in [0, 0.05) is 5.39 Å². The molecule has 0 aliphatic rings. The average Bonchev–Trinajstić information content (AvgIpc) is 2.91. The molecule has 0 saturated heterocycles. The van der Waals surface area contributed by atoms with E-state index in [9.17, 15) is 9.90 Å². The standard InChI is InChI=1S/C23H27NO3/c1-22(2,3)17-9-7-8-15(12-17)20-14-16-13-18(25)10-11-19(16)24(20)21(26)27-23(4,5)6/h7-14,25H,1-6H3. The van der Waals surface area contributed by atoms with Crippen LogP contribution in [-0.4, -0.2) is 21.4 Å². The van der Waals surface area contributed by atoms with Crippen molar-refractivity contribution >= 4 is 17.0 Å². The van der Waals surface area contributed by atoms with Crippen LogP contribution in [0.3, 0.4) is 0 Å². The van der Waals surface area contributed by atoms with E-state index in [0.29, 0.717) is 5.52 Å². The lowest BCUT2D eigenvalue weighted by atomic mass is 9.86. The van der Waals surface area contributed by atoms with Gasteiger partial charge in [0.2, 0.25) is 0 Å². The zero-order valence-corrected chi connectivity index (χ0v) is 16.8. The first-order chi connectivity index (χ1) is 12.5. The number of aromatic hydroxyl groups is 1. The van der Waals surface area contributed by atoms with Crippen molar-refractivity contribution in [3.8, 4) is 17.0 Å². The van der Waals surface area contributed by atoms with Crippen LogP contribution in [0, 0.1) is 0 Å². The van der Waals surface area contributed by atoms with Crippen molar-refractivity contribution in [2.45, 2.75) is 52.6 Å². The summed E-state index contributed by atoms with van der Waals surface area (Å²) in [6.45, 7) is 12.0. The number of ether oxygens (including phenoxy) is 1.